The molecule has 0 saturated heterocycles. The zero-order valence-corrected chi connectivity index (χ0v) is 16.1. The highest BCUT2D eigenvalue weighted by atomic mass is 32.2. The van der Waals surface area contributed by atoms with E-state index in [4.69, 9.17) is 4.74 Å². The van der Waals surface area contributed by atoms with Gasteiger partial charge in [0.05, 0.1) is 18.4 Å². The van der Waals surface area contributed by atoms with Crippen molar-refractivity contribution in [2.45, 2.75) is 24.3 Å². The van der Waals surface area contributed by atoms with Crippen LogP contribution in [0.2, 0.25) is 0 Å². The second-order valence-electron chi connectivity index (χ2n) is 7.13. The summed E-state index contributed by atoms with van der Waals surface area (Å²) in [6, 6.07) is 10.6. The molecule has 0 fully saturated rings. The van der Waals surface area contributed by atoms with Crippen molar-refractivity contribution in [3.63, 3.8) is 0 Å². The Hall–Kier alpha value is -2.84. The van der Waals surface area contributed by atoms with Crippen LogP contribution in [0.3, 0.4) is 0 Å². The van der Waals surface area contributed by atoms with Crippen LogP contribution in [-0.2, 0) is 34.2 Å². The highest BCUT2D eigenvalue weighted by Gasteiger charge is 2.31. The Morgan fingerprint density at radius 3 is 2.82 bits per heavy atom. The number of sulfonamides is 1. The molecule has 2 N–H and O–H groups in total. The van der Waals surface area contributed by atoms with Crippen molar-refractivity contribution in [3.05, 3.63) is 53.2 Å². The molecule has 144 valence electrons. The van der Waals surface area contributed by atoms with Gasteiger partial charge in [-0.25, -0.2) is 8.42 Å². The molecular weight excluding hydrogens is 378 g/mol. The van der Waals surface area contributed by atoms with Gasteiger partial charge in [0.25, 0.3) is 0 Å². The van der Waals surface area contributed by atoms with Crippen molar-refractivity contribution in [2.75, 3.05) is 19.0 Å². The van der Waals surface area contributed by atoms with Gasteiger partial charge < -0.3 is 15.0 Å². The maximum absolute atomic E-state index is 13.2. The maximum atomic E-state index is 13.2. The number of ether oxygens (including phenoxy) is 1. The van der Waals surface area contributed by atoms with Gasteiger partial charge in [0.2, 0.25) is 15.9 Å². The molecule has 0 bridgehead atoms. The Morgan fingerprint density at radius 1 is 1.14 bits per heavy atom. The van der Waals surface area contributed by atoms with Crippen molar-refractivity contribution >= 4 is 32.5 Å². The van der Waals surface area contributed by atoms with Gasteiger partial charge in [-0.2, -0.15) is 4.31 Å². The number of methoxy groups -OCH3 is 1. The van der Waals surface area contributed by atoms with E-state index in [9.17, 15) is 13.2 Å². The van der Waals surface area contributed by atoms with Crippen LogP contribution < -0.4 is 10.1 Å². The van der Waals surface area contributed by atoms with Gasteiger partial charge in [0.1, 0.15) is 5.75 Å². The monoisotopic (exact) mass is 397 g/mol. The molecule has 3 aromatic rings. The van der Waals surface area contributed by atoms with Gasteiger partial charge in [-0.3, -0.25) is 4.79 Å². The molecule has 2 aliphatic rings. The lowest BCUT2D eigenvalue weighted by Crippen LogP contribution is -2.35. The summed E-state index contributed by atoms with van der Waals surface area (Å²) in [6.07, 6.45) is 0.835. The number of aromatic amines is 1. The summed E-state index contributed by atoms with van der Waals surface area (Å²) in [6.45, 7) is 0.715. The molecule has 2 aromatic carbocycles. The predicted molar refractivity (Wildman–Crippen MR) is 105 cm³/mol. The van der Waals surface area contributed by atoms with Gasteiger partial charge >= 0.3 is 0 Å². The zero-order chi connectivity index (χ0) is 19.5. The number of anilines is 1. The summed E-state index contributed by atoms with van der Waals surface area (Å²) >= 11 is 0. The summed E-state index contributed by atoms with van der Waals surface area (Å²) in [5.41, 5.74) is 4.45. The average molecular weight is 397 g/mol. The molecule has 0 spiro atoms. The minimum absolute atomic E-state index is 0.111. The highest BCUT2D eigenvalue weighted by molar-refractivity contribution is 7.89. The molecule has 1 aromatic heterocycles. The molecule has 0 unspecified atom stereocenters. The van der Waals surface area contributed by atoms with Crippen LogP contribution >= 0.6 is 0 Å². The highest BCUT2D eigenvalue weighted by Crippen LogP contribution is 2.33. The second kappa shape index (κ2) is 6.08. The molecule has 5 rings (SSSR count). The van der Waals surface area contributed by atoms with Crippen LogP contribution in [0.4, 0.5) is 5.69 Å². The summed E-state index contributed by atoms with van der Waals surface area (Å²) in [5, 5.41) is 3.72. The predicted octanol–water partition coefficient (Wildman–Crippen LogP) is 2.42. The molecule has 0 radical (unpaired) electrons. The summed E-state index contributed by atoms with van der Waals surface area (Å²) in [4.78, 5) is 15.2. The third-order valence-electron chi connectivity index (χ3n) is 5.49. The van der Waals surface area contributed by atoms with Crippen LogP contribution in [0.1, 0.15) is 16.8 Å². The number of rotatable bonds is 3. The number of benzene rings is 2. The fraction of sp³-hybridized carbons (Fsp3) is 0.250. The van der Waals surface area contributed by atoms with Crippen molar-refractivity contribution in [1.29, 1.82) is 0 Å². The average Bonchev–Trinajstić information content (AvgIpc) is 3.25. The van der Waals surface area contributed by atoms with Gasteiger partial charge in [-0.1, -0.05) is 0 Å². The van der Waals surface area contributed by atoms with Gasteiger partial charge in [-0.15, -0.1) is 0 Å². The fourth-order valence-corrected chi connectivity index (χ4v) is 5.48. The number of hydrogen-bond acceptors (Lipinski definition) is 4. The largest absolute Gasteiger partial charge is 0.497 e. The third kappa shape index (κ3) is 2.60. The minimum Gasteiger partial charge on any atom is -0.497 e. The van der Waals surface area contributed by atoms with E-state index in [2.05, 4.69) is 10.3 Å². The number of aromatic nitrogens is 1. The van der Waals surface area contributed by atoms with Gasteiger partial charge in [0.15, 0.2) is 0 Å². The van der Waals surface area contributed by atoms with E-state index in [1.165, 1.54) is 4.31 Å². The molecule has 7 nitrogen and oxygen atoms in total. The topological polar surface area (TPSA) is 91.5 Å². The molecule has 0 aliphatic carbocycles. The standard InChI is InChI=1S/C20H19N3O4S/c1-27-13-2-4-18-15(10-13)16-11-23(7-6-19(16)21-18)28(25,26)14-3-5-17-12(8-14)9-20(24)22-17/h2-5,8,10,21H,6-7,9,11H2,1H3,(H,22,24). The van der Waals surface area contributed by atoms with Crippen LogP contribution in [-0.4, -0.2) is 37.3 Å². The lowest BCUT2D eigenvalue weighted by Gasteiger charge is -2.26. The first-order chi connectivity index (χ1) is 13.5. The van der Waals surface area contributed by atoms with Crippen LogP contribution in [0, 0.1) is 0 Å². The molecule has 3 heterocycles. The van der Waals surface area contributed by atoms with Crippen LogP contribution in [0.15, 0.2) is 41.3 Å². The molecule has 2 aliphatic heterocycles. The Morgan fingerprint density at radius 2 is 2.00 bits per heavy atom. The number of hydrogen-bond donors (Lipinski definition) is 2. The Labute approximate surface area is 162 Å². The lowest BCUT2D eigenvalue weighted by atomic mass is 10.1. The maximum Gasteiger partial charge on any atom is 0.243 e. The Balaban J connectivity index is 1.51. The number of carbonyl (C=O) groups excluding carboxylic acids is 1. The van der Waals surface area contributed by atoms with Crippen molar-refractivity contribution in [2.24, 2.45) is 0 Å². The van der Waals surface area contributed by atoms with E-state index in [1.807, 2.05) is 18.2 Å². The third-order valence-corrected chi connectivity index (χ3v) is 7.33. The first-order valence-corrected chi connectivity index (χ1v) is 10.5. The lowest BCUT2D eigenvalue weighted by molar-refractivity contribution is -0.115. The van der Waals surface area contributed by atoms with Gasteiger partial charge in [-0.05, 0) is 47.5 Å². The summed E-state index contributed by atoms with van der Waals surface area (Å²) in [7, 11) is -2.04. The molecular formula is C20H19N3O4S. The van der Waals surface area contributed by atoms with Crippen LogP contribution in [0.25, 0.3) is 10.9 Å². The summed E-state index contributed by atoms with van der Waals surface area (Å²) in [5.74, 6) is 0.630. The van der Waals surface area contributed by atoms with E-state index in [-0.39, 0.29) is 17.2 Å². The Bertz CT molecular complexity index is 1230. The Kier molecular flexibility index (Phi) is 3.75. The van der Waals surface area contributed by atoms with Crippen LogP contribution in [0.5, 0.6) is 5.75 Å². The van der Waals surface area contributed by atoms with Crippen molar-refractivity contribution in [3.8, 4) is 5.75 Å². The number of nitrogens with one attached hydrogen (secondary N) is 2. The van der Waals surface area contributed by atoms with E-state index >= 15 is 0 Å². The summed E-state index contributed by atoms with van der Waals surface area (Å²) < 4.78 is 33.3. The fourth-order valence-electron chi connectivity index (χ4n) is 4.02. The van der Waals surface area contributed by atoms with E-state index in [0.29, 0.717) is 25.2 Å². The number of fused-ring (bicyclic) bond motifs is 4. The number of carbonyl (C=O) groups is 1. The van der Waals surface area contributed by atoms with Gasteiger partial charge in [0, 0.05) is 41.8 Å². The molecule has 28 heavy (non-hydrogen) atoms. The normalized spacial score (nSPS) is 16.7. The molecule has 8 heteroatoms. The number of nitrogens with zero attached hydrogens (tertiary/aromatic N) is 1. The SMILES string of the molecule is COc1ccc2[nH]c3c(c2c1)CN(S(=O)(=O)c1ccc2c(c1)CC(=O)N2)CC3. The first-order valence-electron chi connectivity index (χ1n) is 9.06. The smallest absolute Gasteiger partial charge is 0.243 e. The van der Waals surface area contributed by atoms with Crippen molar-refractivity contribution in [1.82, 2.24) is 9.29 Å². The first kappa shape index (κ1) is 17.3. The second-order valence-corrected chi connectivity index (χ2v) is 9.06. The number of H-pyrrole nitrogens is 1. The molecule has 1 amide bonds. The van der Waals surface area contributed by atoms with E-state index in [1.54, 1.807) is 25.3 Å². The molecule has 0 atom stereocenters. The number of amides is 1. The minimum atomic E-state index is -3.66. The molecule has 0 saturated carbocycles. The zero-order valence-electron chi connectivity index (χ0n) is 15.3. The van der Waals surface area contributed by atoms with E-state index in [0.717, 1.165) is 33.5 Å². The van der Waals surface area contributed by atoms with E-state index < -0.39 is 10.0 Å². The quantitative estimate of drug-likeness (QED) is 0.710. The van der Waals surface area contributed by atoms with Crippen molar-refractivity contribution < 1.29 is 17.9 Å².